The van der Waals surface area contributed by atoms with Gasteiger partial charge in [0.25, 0.3) is 5.91 Å². The minimum absolute atomic E-state index is 0.0462. The maximum Gasteiger partial charge on any atom is 0.253 e. The number of carbonyl (C=O) groups is 2. The van der Waals surface area contributed by atoms with Gasteiger partial charge in [0.2, 0.25) is 5.91 Å². The van der Waals surface area contributed by atoms with Crippen LogP contribution in [-0.4, -0.2) is 47.3 Å². The van der Waals surface area contributed by atoms with Crippen LogP contribution in [0.2, 0.25) is 5.02 Å². The molecule has 0 N–H and O–H groups in total. The number of rotatable bonds is 3. The number of hydrogen-bond donors (Lipinski definition) is 0. The zero-order valence-corrected chi connectivity index (χ0v) is 14.3. The summed E-state index contributed by atoms with van der Waals surface area (Å²) in [7, 11) is 0. The molecular weight excluding hydrogens is 312 g/mol. The molecule has 5 heteroatoms. The molecule has 0 aliphatic carbocycles. The van der Waals surface area contributed by atoms with Crippen LogP contribution in [0.15, 0.2) is 24.3 Å². The van der Waals surface area contributed by atoms with E-state index in [1.165, 1.54) is 0 Å². The number of hydrogen-bond acceptors (Lipinski definition) is 2. The van der Waals surface area contributed by atoms with Crippen molar-refractivity contribution in [3.63, 3.8) is 0 Å². The van der Waals surface area contributed by atoms with E-state index in [0.717, 1.165) is 32.4 Å². The lowest BCUT2D eigenvalue weighted by Crippen LogP contribution is -2.57. The monoisotopic (exact) mass is 334 g/mol. The van der Waals surface area contributed by atoms with E-state index in [0.29, 0.717) is 35.5 Å². The number of nitrogens with zero attached hydrogens (tertiary/aromatic N) is 2. The Morgan fingerprint density at radius 1 is 1.35 bits per heavy atom. The Morgan fingerprint density at radius 3 is 2.91 bits per heavy atom. The molecule has 1 aromatic rings. The van der Waals surface area contributed by atoms with E-state index in [9.17, 15) is 9.59 Å². The Morgan fingerprint density at radius 2 is 2.17 bits per heavy atom. The van der Waals surface area contributed by atoms with Crippen LogP contribution >= 0.6 is 11.6 Å². The highest BCUT2D eigenvalue weighted by Gasteiger charge is 2.39. The van der Waals surface area contributed by atoms with E-state index < -0.39 is 0 Å². The topological polar surface area (TPSA) is 40.6 Å². The van der Waals surface area contributed by atoms with Gasteiger partial charge < -0.3 is 9.80 Å². The maximum atomic E-state index is 12.7. The highest BCUT2D eigenvalue weighted by atomic mass is 35.5. The molecule has 2 fully saturated rings. The van der Waals surface area contributed by atoms with Gasteiger partial charge in [-0.25, -0.2) is 0 Å². The number of likely N-dealkylation sites (tertiary alicyclic amines) is 2. The second kappa shape index (κ2) is 6.91. The molecule has 23 heavy (non-hydrogen) atoms. The molecule has 2 amide bonds. The largest absolute Gasteiger partial charge is 0.339 e. The molecule has 2 saturated heterocycles. The standard InChI is InChI=1S/C18H23ClN2O2/c1-2-9-21-16-8-10-20(12-14(16)6-7-17(21)22)18(23)13-4-3-5-15(19)11-13/h3-5,11,14,16H,2,6-10,12H2,1H3/t14-,16+/m0/s1. The fourth-order valence-electron chi connectivity index (χ4n) is 3.87. The summed E-state index contributed by atoms with van der Waals surface area (Å²) in [6, 6.07) is 7.43. The Labute approximate surface area is 142 Å². The first-order valence-corrected chi connectivity index (χ1v) is 8.82. The molecule has 0 aromatic heterocycles. The lowest BCUT2D eigenvalue weighted by Gasteiger charge is -2.47. The quantitative estimate of drug-likeness (QED) is 0.851. The Hall–Kier alpha value is -1.55. The zero-order valence-electron chi connectivity index (χ0n) is 13.5. The van der Waals surface area contributed by atoms with Crippen LogP contribution in [-0.2, 0) is 4.79 Å². The fourth-order valence-corrected chi connectivity index (χ4v) is 4.06. The minimum Gasteiger partial charge on any atom is -0.339 e. The number of fused-ring (bicyclic) bond motifs is 1. The lowest BCUT2D eigenvalue weighted by atomic mass is 9.83. The van der Waals surface area contributed by atoms with E-state index in [-0.39, 0.29) is 11.8 Å². The SMILES string of the molecule is CCCN1C(=O)CC[C@H]2CN(C(=O)c3cccc(Cl)c3)CC[C@H]21. The van der Waals surface area contributed by atoms with Gasteiger partial charge in [-0.05, 0) is 43.4 Å². The van der Waals surface area contributed by atoms with E-state index in [2.05, 4.69) is 11.8 Å². The van der Waals surface area contributed by atoms with Crippen LogP contribution in [0, 0.1) is 5.92 Å². The van der Waals surface area contributed by atoms with Gasteiger partial charge in [-0.15, -0.1) is 0 Å². The van der Waals surface area contributed by atoms with Gasteiger partial charge >= 0.3 is 0 Å². The zero-order chi connectivity index (χ0) is 16.4. The van der Waals surface area contributed by atoms with Crippen LogP contribution in [0.1, 0.15) is 43.0 Å². The summed E-state index contributed by atoms with van der Waals surface area (Å²) in [5.41, 5.74) is 0.647. The van der Waals surface area contributed by atoms with E-state index in [1.807, 2.05) is 17.0 Å². The molecule has 4 nitrogen and oxygen atoms in total. The smallest absolute Gasteiger partial charge is 0.253 e. The number of carbonyl (C=O) groups excluding carboxylic acids is 2. The summed E-state index contributed by atoms with van der Waals surface area (Å²) >= 11 is 5.99. The van der Waals surface area contributed by atoms with E-state index in [1.54, 1.807) is 12.1 Å². The molecule has 0 radical (unpaired) electrons. The van der Waals surface area contributed by atoms with Gasteiger partial charge in [-0.3, -0.25) is 9.59 Å². The molecule has 2 aliphatic rings. The van der Waals surface area contributed by atoms with Gasteiger partial charge in [-0.2, -0.15) is 0 Å². The van der Waals surface area contributed by atoms with E-state index >= 15 is 0 Å². The number of benzene rings is 1. The van der Waals surface area contributed by atoms with Crippen LogP contribution in [0.5, 0.6) is 0 Å². The van der Waals surface area contributed by atoms with Crippen molar-refractivity contribution in [1.29, 1.82) is 0 Å². The van der Waals surface area contributed by atoms with Crippen molar-refractivity contribution >= 4 is 23.4 Å². The summed E-state index contributed by atoms with van der Waals surface area (Å²) < 4.78 is 0. The second-order valence-corrected chi connectivity index (χ2v) is 6.94. The first-order valence-electron chi connectivity index (χ1n) is 8.44. The Kier molecular flexibility index (Phi) is 4.90. The van der Waals surface area contributed by atoms with E-state index in [4.69, 9.17) is 11.6 Å². The third-order valence-corrected chi connectivity index (χ3v) is 5.20. The van der Waals surface area contributed by atoms with Crippen molar-refractivity contribution in [2.75, 3.05) is 19.6 Å². The van der Waals surface area contributed by atoms with Gasteiger partial charge in [0.05, 0.1) is 0 Å². The van der Waals surface area contributed by atoms with Gasteiger partial charge in [-0.1, -0.05) is 24.6 Å². The number of amides is 2. The second-order valence-electron chi connectivity index (χ2n) is 6.50. The van der Waals surface area contributed by atoms with Crippen molar-refractivity contribution in [3.05, 3.63) is 34.9 Å². The molecule has 2 aliphatic heterocycles. The fraction of sp³-hybridized carbons (Fsp3) is 0.556. The number of halogens is 1. The summed E-state index contributed by atoms with van der Waals surface area (Å²) in [4.78, 5) is 28.8. The van der Waals surface area contributed by atoms with Crippen molar-refractivity contribution in [1.82, 2.24) is 9.80 Å². The third-order valence-electron chi connectivity index (χ3n) is 4.97. The minimum atomic E-state index is 0.0462. The Balaban J connectivity index is 1.70. The maximum absolute atomic E-state index is 12.7. The van der Waals surface area contributed by atoms with Crippen molar-refractivity contribution < 1.29 is 9.59 Å². The first-order chi connectivity index (χ1) is 11.1. The highest BCUT2D eigenvalue weighted by Crippen LogP contribution is 2.32. The van der Waals surface area contributed by atoms with Gasteiger partial charge in [0.1, 0.15) is 0 Å². The van der Waals surface area contributed by atoms with Crippen molar-refractivity contribution in [3.8, 4) is 0 Å². The molecule has 124 valence electrons. The summed E-state index contributed by atoms with van der Waals surface area (Å²) in [6.07, 6.45) is 3.37. The first kappa shape index (κ1) is 16.3. The summed E-state index contributed by atoms with van der Waals surface area (Å²) in [5.74, 6) is 0.726. The molecule has 3 rings (SSSR count). The molecule has 0 unspecified atom stereocenters. The molecule has 0 spiro atoms. The third kappa shape index (κ3) is 3.37. The molecule has 0 bridgehead atoms. The van der Waals surface area contributed by atoms with Crippen LogP contribution in [0.25, 0.3) is 0 Å². The van der Waals surface area contributed by atoms with Crippen molar-refractivity contribution in [2.45, 2.75) is 38.6 Å². The van der Waals surface area contributed by atoms with Crippen LogP contribution in [0.3, 0.4) is 0 Å². The summed E-state index contributed by atoms with van der Waals surface area (Å²) in [5, 5.41) is 0.586. The van der Waals surface area contributed by atoms with Gasteiger partial charge in [0.15, 0.2) is 0 Å². The summed E-state index contributed by atoms with van der Waals surface area (Å²) in [6.45, 7) is 4.39. The number of piperidine rings is 2. The highest BCUT2D eigenvalue weighted by molar-refractivity contribution is 6.30. The molecule has 2 atom stereocenters. The molecule has 1 aromatic carbocycles. The predicted molar refractivity (Wildman–Crippen MR) is 90.5 cm³/mol. The van der Waals surface area contributed by atoms with Crippen LogP contribution in [0.4, 0.5) is 0 Å². The normalized spacial score (nSPS) is 24.5. The predicted octanol–water partition coefficient (Wildman–Crippen LogP) is 3.20. The van der Waals surface area contributed by atoms with Crippen LogP contribution < -0.4 is 0 Å². The van der Waals surface area contributed by atoms with Gasteiger partial charge in [0, 0.05) is 42.7 Å². The van der Waals surface area contributed by atoms with Crippen molar-refractivity contribution in [2.24, 2.45) is 5.92 Å². The Bertz CT molecular complexity index is 604. The average Bonchev–Trinajstić information content (AvgIpc) is 2.56. The lowest BCUT2D eigenvalue weighted by molar-refractivity contribution is -0.140. The molecule has 2 heterocycles. The molecule has 0 saturated carbocycles. The molecular formula is C18H23ClN2O2. The average molecular weight is 335 g/mol.